The second-order valence-electron chi connectivity index (χ2n) is 5.01. The largest absolute Gasteiger partial charge is 0.462 e. The molecule has 0 N–H and O–H groups in total. The van der Waals surface area contributed by atoms with Crippen LogP contribution in [0.4, 0.5) is 5.82 Å². The number of ether oxygens (including phenoxy) is 1. The maximum atomic E-state index is 11.7. The molecular formula is C15H17N3O2. The number of rotatable bonds is 3. The Morgan fingerprint density at radius 1 is 1.40 bits per heavy atom. The first-order valence-corrected chi connectivity index (χ1v) is 6.88. The standard InChI is InChI=1S/C15H17N3O2/c1-3-20-15(19)12-6-11-8-17-14(7-13(11)16-9-12)18-5-4-10(18)2/h6-10H,3-5H2,1-2H3/t10-/m0/s1. The van der Waals surface area contributed by atoms with Crippen LogP contribution in [0.1, 0.15) is 30.6 Å². The number of pyridine rings is 2. The lowest BCUT2D eigenvalue weighted by molar-refractivity contribution is 0.0526. The van der Waals surface area contributed by atoms with Gasteiger partial charge < -0.3 is 9.64 Å². The van der Waals surface area contributed by atoms with Crippen LogP contribution in [0.2, 0.25) is 0 Å². The highest BCUT2D eigenvalue weighted by atomic mass is 16.5. The molecule has 0 amide bonds. The van der Waals surface area contributed by atoms with Crippen LogP contribution in [0, 0.1) is 0 Å². The van der Waals surface area contributed by atoms with Gasteiger partial charge in [-0.15, -0.1) is 0 Å². The van der Waals surface area contributed by atoms with E-state index in [1.54, 1.807) is 25.4 Å². The maximum Gasteiger partial charge on any atom is 0.339 e. The summed E-state index contributed by atoms with van der Waals surface area (Å²) in [6.45, 7) is 5.38. The summed E-state index contributed by atoms with van der Waals surface area (Å²) in [5.74, 6) is 0.606. The van der Waals surface area contributed by atoms with Crippen LogP contribution in [-0.4, -0.2) is 35.1 Å². The van der Waals surface area contributed by atoms with Crippen molar-refractivity contribution in [3.63, 3.8) is 0 Å². The summed E-state index contributed by atoms with van der Waals surface area (Å²) in [4.78, 5) is 22.7. The Hall–Kier alpha value is -2.17. The summed E-state index contributed by atoms with van der Waals surface area (Å²) >= 11 is 0. The van der Waals surface area contributed by atoms with Gasteiger partial charge in [0, 0.05) is 36.4 Å². The van der Waals surface area contributed by atoms with Gasteiger partial charge in [-0.1, -0.05) is 0 Å². The SMILES string of the molecule is CCOC(=O)c1cnc2cc(N3CC[C@@H]3C)ncc2c1. The average Bonchev–Trinajstić information content (AvgIpc) is 2.45. The first-order valence-electron chi connectivity index (χ1n) is 6.88. The fourth-order valence-electron chi connectivity index (χ4n) is 2.35. The lowest BCUT2D eigenvalue weighted by Crippen LogP contribution is -2.46. The fourth-order valence-corrected chi connectivity index (χ4v) is 2.35. The molecule has 3 rings (SSSR count). The summed E-state index contributed by atoms with van der Waals surface area (Å²) in [5, 5.41) is 0.854. The number of carbonyl (C=O) groups excluding carboxylic acids is 1. The van der Waals surface area contributed by atoms with Gasteiger partial charge in [-0.25, -0.2) is 9.78 Å². The fraction of sp³-hybridized carbons (Fsp3) is 0.400. The van der Waals surface area contributed by atoms with Crippen molar-refractivity contribution < 1.29 is 9.53 Å². The number of carbonyl (C=O) groups is 1. The second kappa shape index (κ2) is 5.07. The number of anilines is 1. The Bertz CT molecular complexity index is 657. The van der Waals surface area contributed by atoms with E-state index >= 15 is 0 Å². The minimum absolute atomic E-state index is 0.345. The number of hydrogen-bond acceptors (Lipinski definition) is 5. The normalized spacial score (nSPS) is 17.9. The average molecular weight is 271 g/mol. The molecule has 5 heteroatoms. The molecule has 1 saturated heterocycles. The molecular weight excluding hydrogens is 254 g/mol. The maximum absolute atomic E-state index is 11.7. The lowest BCUT2D eigenvalue weighted by atomic mass is 10.1. The summed E-state index contributed by atoms with van der Waals surface area (Å²) < 4.78 is 4.97. The Morgan fingerprint density at radius 3 is 2.90 bits per heavy atom. The Kier molecular flexibility index (Phi) is 3.26. The van der Waals surface area contributed by atoms with Gasteiger partial charge >= 0.3 is 5.97 Å². The molecule has 0 spiro atoms. The van der Waals surface area contributed by atoms with Crippen LogP contribution < -0.4 is 4.90 Å². The van der Waals surface area contributed by atoms with Gasteiger partial charge in [0.15, 0.2) is 0 Å². The Morgan fingerprint density at radius 2 is 2.25 bits per heavy atom. The van der Waals surface area contributed by atoms with E-state index in [1.807, 2.05) is 6.07 Å². The van der Waals surface area contributed by atoms with E-state index in [1.165, 1.54) is 6.42 Å². The van der Waals surface area contributed by atoms with Crippen LogP contribution >= 0.6 is 0 Å². The smallest absolute Gasteiger partial charge is 0.339 e. The van der Waals surface area contributed by atoms with Crippen molar-refractivity contribution in [2.24, 2.45) is 0 Å². The predicted molar refractivity (Wildman–Crippen MR) is 76.9 cm³/mol. The number of esters is 1. The first kappa shape index (κ1) is 12.8. The van der Waals surface area contributed by atoms with E-state index in [0.29, 0.717) is 18.2 Å². The predicted octanol–water partition coefficient (Wildman–Crippen LogP) is 2.41. The number of aromatic nitrogens is 2. The number of fused-ring (bicyclic) bond motifs is 1. The summed E-state index contributed by atoms with van der Waals surface area (Å²) in [6, 6.07) is 4.29. The minimum Gasteiger partial charge on any atom is -0.462 e. The van der Waals surface area contributed by atoms with Crippen molar-refractivity contribution in [2.45, 2.75) is 26.3 Å². The van der Waals surface area contributed by atoms with Gasteiger partial charge in [0.1, 0.15) is 5.82 Å². The quantitative estimate of drug-likeness (QED) is 0.802. The van der Waals surface area contributed by atoms with Crippen LogP contribution in [0.3, 0.4) is 0 Å². The summed E-state index contributed by atoms with van der Waals surface area (Å²) in [7, 11) is 0. The van der Waals surface area contributed by atoms with Crippen molar-refractivity contribution in [3.8, 4) is 0 Å². The molecule has 2 aromatic heterocycles. The Balaban J connectivity index is 1.92. The molecule has 0 radical (unpaired) electrons. The molecule has 0 bridgehead atoms. The molecule has 5 nitrogen and oxygen atoms in total. The molecule has 3 heterocycles. The third kappa shape index (κ3) is 2.19. The highest BCUT2D eigenvalue weighted by Crippen LogP contribution is 2.26. The molecule has 0 unspecified atom stereocenters. The second-order valence-corrected chi connectivity index (χ2v) is 5.01. The molecule has 0 saturated carbocycles. The van der Waals surface area contributed by atoms with E-state index < -0.39 is 0 Å². The molecule has 0 aromatic carbocycles. The van der Waals surface area contributed by atoms with Gasteiger partial charge in [0.05, 0.1) is 17.7 Å². The molecule has 1 atom stereocenters. The molecule has 1 aliphatic heterocycles. The van der Waals surface area contributed by atoms with Crippen molar-refractivity contribution in [1.29, 1.82) is 0 Å². The minimum atomic E-state index is -0.345. The molecule has 20 heavy (non-hydrogen) atoms. The zero-order valence-corrected chi connectivity index (χ0v) is 11.7. The van der Waals surface area contributed by atoms with Crippen molar-refractivity contribution in [1.82, 2.24) is 9.97 Å². The van der Waals surface area contributed by atoms with Crippen LogP contribution in [-0.2, 0) is 4.74 Å². The third-order valence-corrected chi connectivity index (χ3v) is 3.68. The van der Waals surface area contributed by atoms with Gasteiger partial charge in [-0.2, -0.15) is 0 Å². The summed E-state index contributed by atoms with van der Waals surface area (Å²) in [6.07, 6.45) is 4.53. The van der Waals surface area contributed by atoms with Gasteiger partial charge in [0.25, 0.3) is 0 Å². The van der Waals surface area contributed by atoms with E-state index in [-0.39, 0.29) is 5.97 Å². The lowest BCUT2D eigenvalue weighted by Gasteiger charge is -2.39. The van der Waals surface area contributed by atoms with Crippen molar-refractivity contribution in [2.75, 3.05) is 18.1 Å². The van der Waals surface area contributed by atoms with E-state index in [0.717, 1.165) is 23.3 Å². The van der Waals surface area contributed by atoms with Crippen LogP contribution in [0.25, 0.3) is 10.9 Å². The van der Waals surface area contributed by atoms with E-state index in [4.69, 9.17) is 4.74 Å². The zero-order chi connectivity index (χ0) is 14.1. The topological polar surface area (TPSA) is 55.3 Å². The molecule has 0 aliphatic carbocycles. The third-order valence-electron chi connectivity index (χ3n) is 3.68. The van der Waals surface area contributed by atoms with E-state index in [2.05, 4.69) is 21.8 Å². The monoisotopic (exact) mass is 271 g/mol. The molecule has 2 aromatic rings. The van der Waals surface area contributed by atoms with Gasteiger partial charge in [0.2, 0.25) is 0 Å². The zero-order valence-electron chi connectivity index (χ0n) is 11.7. The van der Waals surface area contributed by atoms with Crippen molar-refractivity contribution in [3.05, 3.63) is 30.1 Å². The highest BCUT2D eigenvalue weighted by molar-refractivity contribution is 5.93. The van der Waals surface area contributed by atoms with Crippen LogP contribution in [0.5, 0.6) is 0 Å². The van der Waals surface area contributed by atoms with Gasteiger partial charge in [-0.05, 0) is 26.3 Å². The highest BCUT2D eigenvalue weighted by Gasteiger charge is 2.24. The first-order chi connectivity index (χ1) is 9.69. The van der Waals surface area contributed by atoms with Crippen molar-refractivity contribution >= 4 is 22.7 Å². The molecule has 1 fully saturated rings. The Labute approximate surface area is 117 Å². The van der Waals surface area contributed by atoms with Crippen LogP contribution in [0.15, 0.2) is 24.5 Å². The molecule has 1 aliphatic rings. The molecule has 104 valence electrons. The van der Waals surface area contributed by atoms with Gasteiger partial charge in [-0.3, -0.25) is 4.98 Å². The van der Waals surface area contributed by atoms with E-state index in [9.17, 15) is 4.79 Å². The number of hydrogen-bond donors (Lipinski definition) is 0. The summed E-state index contributed by atoms with van der Waals surface area (Å²) in [5.41, 5.74) is 1.31. The number of nitrogens with zero attached hydrogens (tertiary/aromatic N) is 3.